The van der Waals surface area contributed by atoms with Crippen LogP contribution >= 0.6 is 0 Å². The molecule has 0 spiro atoms. The van der Waals surface area contributed by atoms with Crippen LogP contribution in [0.4, 0.5) is 0 Å². The number of aryl methyl sites for hydroxylation is 1. The number of benzene rings is 2. The van der Waals surface area contributed by atoms with Crippen LogP contribution in [-0.2, 0) is 13.1 Å². The Hall–Kier alpha value is -3.55. The molecular formula is C18H16N6O2. The lowest BCUT2D eigenvalue weighted by Gasteiger charge is -2.01. The number of hydrogen-bond donors (Lipinski definition) is 1. The zero-order chi connectivity index (χ0) is 17.9. The third-order valence-corrected chi connectivity index (χ3v) is 3.98. The molecule has 4 rings (SSSR count). The van der Waals surface area contributed by atoms with Crippen LogP contribution < -0.4 is 5.32 Å². The summed E-state index contributed by atoms with van der Waals surface area (Å²) in [6.07, 6.45) is 0. The van der Waals surface area contributed by atoms with E-state index in [1.807, 2.05) is 43.3 Å². The fourth-order valence-electron chi connectivity index (χ4n) is 2.63. The molecule has 1 amide bonds. The number of aromatic nitrogens is 5. The highest BCUT2D eigenvalue weighted by Crippen LogP contribution is 2.21. The SMILES string of the molecule is CCn1nnc2ccc(-c3noc(CNC(=O)c4ccccc4)n3)cc21. The molecule has 0 aliphatic heterocycles. The van der Waals surface area contributed by atoms with Gasteiger partial charge in [-0.2, -0.15) is 4.98 Å². The topological polar surface area (TPSA) is 98.7 Å². The number of nitrogens with one attached hydrogen (secondary N) is 1. The van der Waals surface area contributed by atoms with E-state index in [-0.39, 0.29) is 12.5 Å². The van der Waals surface area contributed by atoms with Crippen molar-refractivity contribution in [1.82, 2.24) is 30.5 Å². The quantitative estimate of drug-likeness (QED) is 0.595. The number of carbonyl (C=O) groups excluding carboxylic acids is 1. The van der Waals surface area contributed by atoms with Crippen LogP contribution in [0.5, 0.6) is 0 Å². The Morgan fingerprint density at radius 3 is 2.85 bits per heavy atom. The molecule has 2 aromatic heterocycles. The zero-order valence-electron chi connectivity index (χ0n) is 14.1. The van der Waals surface area contributed by atoms with Crippen molar-refractivity contribution in [3.8, 4) is 11.4 Å². The summed E-state index contributed by atoms with van der Waals surface area (Å²) in [5.41, 5.74) is 3.11. The number of nitrogens with zero attached hydrogens (tertiary/aromatic N) is 5. The highest BCUT2D eigenvalue weighted by molar-refractivity contribution is 5.94. The summed E-state index contributed by atoms with van der Waals surface area (Å²) < 4.78 is 7.05. The van der Waals surface area contributed by atoms with Gasteiger partial charge < -0.3 is 9.84 Å². The number of carbonyl (C=O) groups is 1. The lowest BCUT2D eigenvalue weighted by atomic mass is 10.2. The minimum Gasteiger partial charge on any atom is -0.343 e. The minimum atomic E-state index is -0.190. The molecule has 2 aromatic carbocycles. The number of amides is 1. The summed E-state index contributed by atoms with van der Waals surface area (Å²) in [6.45, 7) is 2.89. The van der Waals surface area contributed by atoms with Crippen LogP contribution in [0.25, 0.3) is 22.4 Å². The highest BCUT2D eigenvalue weighted by Gasteiger charge is 2.12. The molecule has 0 radical (unpaired) electrons. The molecule has 0 fully saturated rings. The van der Waals surface area contributed by atoms with Crippen molar-refractivity contribution in [2.75, 3.05) is 0 Å². The summed E-state index contributed by atoms with van der Waals surface area (Å²) in [5.74, 6) is 0.607. The van der Waals surface area contributed by atoms with Crippen molar-refractivity contribution < 1.29 is 9.32 Å². The predicted molar refractivity (Wildman–Crippen MR) is 94.1 cm³/mol. The summed E-state index contributed by atoms with van der Waals surface area (Å²) in [5, 5.41) is 15.0. The predicted octanol–water partition coefficient (Wildman–Crippen LogP) is 2.43. The van der Waals surface area contributed by atoms with Crippen molar-refractivity contribution in [2.45, 2.75) is 20.0 Å². The van der Waals surface area contributed by atoms with Gasteiger partial charge in [-0.25, -0.2) is 4.68 Å². The summed E-state index contributed by atoms with van der Waals surface area (Å²) in [4.78, 5) is 16.4. The molecule has 8 nitrogen and oxygen atoms in total. The first-order chi connectivity index (χ1) is 12.7. The molecule has 0 aliphatic rings. The van der Waals surface area contributed by atoms with Crippen molar-refractivity contribution in [2.24, 2.45) is 0 Å². The van der Waals surface area contributed by atoms with Gasteiger partial charge in [0, 0.05) is 17.7 Å². The van der Waals surface area contributed by atoms with E-state index in [1.54, 1.807) is 16.8 Å². The van der Waals surface area contributed by atoms with E-state index in [4.69, 9.17) is 4.52 Å². The smallest absolute Gasteiger partial charge is 0.251 e. The second kappa shape index (κ2) is 6.75. The molecule has 8 heteroatoms. The molecule has 0 atom stereocenters. The Kier molecular flexibility index (Phi) is 4.14. The maximum atomic E-state index is 12.1. The van der Waals surface area contributed by atoms with Gasteiger partial charge in [-0.15, -0.1) is 5.10 Å². The second-order valence-electron chi connectivity index (χ2n) is 5.67. The minimum absolute atomic E-state index is 0.164. The average molecular weight is 348 g/mol. The molecule has 26 heavy (non-hydrogen) atoms. The Morgan fingerprint density at radius 2 is 2.04 bits per heavy atom. The first kappa shape index (κ1) is 15.9. The van der Waals surface area contributed by atoms with Gasteiger partial charge in [0.2, 0.25) is 11.7 Å². The van der Waals surface area contributed by atoms with E-state index in [9.17, 15) is 4.79 Å². The number of fused-ring (bicyclic) bond motifs is 1. The average Bonchev–Trinajstić information content (AvgIpc) is 3.33. The van der Waals surface area contributed by atoms with Gasteiger partial charge in [0.05, 0.1) is 12.1 Å². The monoisotopic (exact) mass is 348 g/mol. The number of rotatable bonds is 5. The van der Waals surface area contributed by atoms with Crippen LogP contribution in [0.15, 0.2) is 53.1 Å². The van der Waals surface area contributed by atoms with Crippen molar-refractivity contribution in [3.63, 3.8) is 0 Å². The van der Waals surface area contributed by atoms with Gasteiger partial charge in [0.25, 0.3) is 5.91 Å². The first-order valence-electron chi connectivity index (χ1n) is 8.24. The van der Waals surface area contributed by atoms with E-state index in [1.165, 1.54) is 0 Å². The van der Waals surface area contributed by atoms with E-state index in [0.29, 0.717) is 17.3 Å². The second-order valence-corrected chi connectivity index (χ2v) is 5.67. The standard InChI is InChI=1S/C18H16N6O2/c1-2-24-15-10-13(8-9-14(15)21-23-24)17-20-16(26-22-17)11-19-18(25)12-6-4-3-5-7-12/h3-10H,2,11H2,1H3,(H,19,25). The fourth-order valence-corrected chi connectivity index (χ4v) is 2.63. The molecule has 4 aromatic rings. The molecule has 0 bridgehead atoms. The molecule has 130 valence electrons. The van der Waals surface area contributed by atoms with Gasteiger partial charge in [-0.05, 0) is 37.3 Å². The molecule has 2 heterocycles. The highest BCUT2D eigenvalue weighted by atomic mass is 16.5. The molecule has 0 saturated carbocycles. The summed E-state index contributed by atoms with van der Waals surface area (Å²) in [7, 11) is 0. The van der Waals surface area contributed by atoms with Gasteiger partial charge in [-0.1, -0.05) is 28.6 Å². The Labute approximate surface area is 148 Å². The largest absolute Gasteiger partial charge is 0.343 e. The van der Waals surface area contributed by atoms with E-state index < -0.39 is 0 Å². The van der Waals surface area contributed by atoms with Crippen LogP contribution in [0, 0.1) is 0 Å². The van der Waals surface area contributed by atoms with Crippen molar-refractivity contribution in [1.29, 1.82) is 0 Å². The van der Waals surface area contributed by atoms with Gasteiger partial charge in [0.1, 0.15) is 5.52 Å². The molecule has 1 N–H and O–H groups in total. The lowest BCUT2D eigenvalue weighted by Crippen LogP contribution is -2.22. The third kappa shape index (κ3) is 3.04. The number of hydrogen-bond acceptors (Lipinski definition) is 6. The molecule has 0 saturated heterocycles. The zero-order valence-corrected chi connectivity index (χ0v) is 14.1. The normalized spacial score (nSPS) is 11.0. The van der Waals surface area contributed by atoms with Crippen LogP contribution in [0.3, 0.4) is 0 Å². The third-order valence-electron chi connectivity index (χ3n) is 3.98. The molecular weight excluding hydrogens is 332 g/mol. The Morgan fingerprint density at radius 1 is 1.19 bits per heavy atom. The maximum Gasteiger partial charge on any atom is 0.251 e. The van der Waals surface area contributed by atoms with Crippen LogP contribution in [0.2, 0.25) is 0 Å². The van der Waals surface area contributed by atoms with Crippen molar-refractivity contribution in [3.05, 3.63) is 60.0 Å². The van der Waals surface area contributed by atoms with E-state index >= 15 is 0 Å². The molecule has 0 unspecified atom stereocenters. The van der Waals surface area contributed by atoms with Gasteiger partial charge in [-0.3, -0.25) is 4.79 Å². The lowest BCUT2D eigenvalue weighted by molar-refractivity contribution is 0.0946. The van der Waals surface area contributed by atoms with Crippen molar-refractivity contribution >= 4 is 16.9 Å². The summed E-state index contributed by atoms with van der Waals surface area (Å²) >= 11 is 0. The van der Waals surface area contributed by atoms with Crippen LogP contribution in [0.1, 0.15) is 23.2 Å². The Bertz CT molecular complexity index is 1050. The molecule has 0 aliphatic carbocycles. The maximum absolute atomic E-state index is 12.1. The Balaban J connectivity index is 1.50. The van der Waals surface area contributed by atoms with Crippen LogP contribution in [-0.4, -0.2) is 31.0 Å². The first-order valence-corrected chi connectivity index (χ1v) is 8.24. The van der Waals surface area contributed by atoms with Gasteiger partial charge >= 0.3 is 0 Å². The summed E-state index contributed by atoms with van der Waals surface area (Å²) in [6, 6.07) is 14.6. The van der Waals surface area contributed by atoms with E-state index in [0.717, 1.165) is 23.1 Å². The van der Waals surface area contributed by atoms with Gasteiger partial charge in [0.15, 0.2) is 0 Å². The fraction of sp³-hybridized carbons (Fsp3) is 0.167. The van der Waals surface area contributed by atoms with E-state index in [2.05, 4.69) is 25.8 Å².